The van der Waals surface area contributed by atoms with Gasteiger partial charge in [0.1, 0.15) is 0 Å². The van der Waals surface area contributed by atoms with Gasteiger partial charge in [-0.15, -0.1) is 11.3 Å². The van der Waals surface area contributed by atoms with Crippen molar-refractivity contribution in [3.63, 3.8) is 0 Å². The molecule has 0 atom stereocenters. The van der Waals surface area contributed by atoms with E-state index in [0.29, 0.717) is 6.42 Å². The molecular weight excluding hydrogens is 366 g/mol. The minimum Gasteiger partial charge on any atom is -0.368 e. The molecule has 2 aliphatic heterocycles. The normalized spacial score (nSPS) is 18.0. The van der Waals surface area contributed by atoms with Gasteiger partial charge < -0.3 is 9.80 Å². The Balaban J connectivity index is 1.25. The zero-order chi connectivity index (χ0) is 19.1. The fourth-order valence-corrected chi connectivity index (χ4v) is 5.39. The molecule has 3 aromatic rings. The number of carbonyl (C=O) groups excluding carboxylic acids is 1. The molecule has 0 spiro atoms. The first-order valence-corrected chi connectivity index (χ1v) is 10.9. The molecule has 5 heteroatoms. The number of aryl methyl sites for hydroxylation is 1. The number of rotatable bonds is 3. The maximum atomic E-state index is 11.9. The van der Waals surface area contributed by atoms with Crippen molar-refractivity contribution in [3.05, 3.63) is 59.0 Å². The molecule has 5 rings (SSSR count). The van der Waals surface area contributed by atoms with Crippen molar-refractivity contribution in [1.29, 1.82) is 0 Å². The minimum atomic E-state index is 0.220. The molecular formula is C23H25N3OS. The van der Waals surface area contributed by atoms with Crippen molar-refractivity contribution in [2.45, 2.75) is 19.4 Å². The van der Waals surface area contributed by atoms with Crippen LogP contribution in [0.1, 0.15) is 17.5 Å². The Morgan fingerprint density at radius 2 is 1.79 bits per heavy atom. The van der Waals surface area contributed by atoms with E-state index in [1.165, 1.54) is 26.9 Å². The lowest BCUT2D eigenvalue weighted by Gasteiger charge is -2.36. The summed E-state index contributed by atoms with van der Waals surface area (Å²) in [6.45, 7) is 5.30. The molecule has 28 heavy (non-hydrogen) atoms. The number of piperazine rings is 1. The van der Waals surface area contributed by atoms with Gasteiger partial charge >= 0.3 is 0 Å². The van der Waals surface area contributed by atoms with Crippen molar-refractivity contribution >= 4 is 38.7 Å². The molecule has 0 saturated carbocycles. The molecule has 1 amide bonds. The fraction of sp³-hybridized carbons (Fsp3) is 0.348. The largest absolute Gasteiger partial charge is 0.368 e. The van der Waals surface area contributed by atoms with Crippen LogP contribution < -0.4 is 9.80 Å². The smallest absolute Gasteiger partial charge is 0.227 e. The van der Waals surface area contributed by atoms with E-state index in [1.54, 1.807) is 4.90 Å². The van der Waals surface area contributed by atoms with Crippen LogP contribution in [0.5, 0.6) is 0 Å². The third-order valence-corrected chi connectivity index (χ3v) is 7.02. The summed E-state index contributed by atoms with van der Waals surface area (Å²) in [7, 11) is 1.88. The highest BCUT2D eigenvalue weighted by atomic mass is 32.1. The maximum absolute atomic E-state index is 11.9. The molecule has 144 valence electrons. The van der Waals surface area contributed by atoms with Gasteiger partial charge in [-0.2, -0.15) is 0 Å². The molecule has 1 aromatic heterocycles. The van der Waals surface area contributed by atoms with E-state index in [-0.39, 0.29) is 5.91 Å². The molecule has 0 unspecified atom stereocenters. The first-order chi connectivity index (χ1) is 13.7. The van der Waals surface area contributed by atoms with Crippen molar-refractivity contribution in [2.75, 3.05) is 43.0 Å². The molecule has 2 aromatic carbocycles. The van der Waals surface area contributed by atoms with Gasteiger partial charge in [0, 0.05) is 67.3 Å². The highest BCUT2D eigenvalue weighted by molar-refractivity contribution is 7.17. The first-order valence-electron chi connectivity index (χ1n) is 10.0. The van der Waals surface area contributed by atoms with Crippen molar-refractivity contribution < 1.29 is 4.79 Å². The summed E-state index contributed by atoms with van der Waals surface area (Å²) >= 11 is 1.84. The van der Waals surface area contributed by atoms with E-state index < -0.39 is 0 Å². The third kappa shape index (κ3) is 3.19. The minimum absolute atomic E-state index is 0.220. The van der Waals surface area contributed by atoms with Gasteiger partial charge in [-0.1, -0.05) is 30.3 Å². The number of hydrogen-bond acceptors (Lipinski definition) is 4. The molecule has 0 aliphatic carbocycles. The third-order valence-electron chi connectivity index (χ3n) is 6.07. The zero-order valence-corrected chi connectivity index (χ0v) is 17.0. The van der Waals surface area contributed by atoms with Crippen molar-refractivity contribution in [2.24, 2.45) is 0 Å². The van der Waals surface area contributed by atoms with Crippen molar-refractivity contribution in [3.8, 4) is 0 Å². The van der Waals surface area contributed by atoms with Gasteiger partial charge in [-0.3, -0.25) is 9.69 Å². The molecule has 4 nitrogen and oxygen atoms in total. The second kappa shape index (κ2) is 7.22. The average molecular weight is 392 g/mol. The van der Waals surface area contributed by atoms with Crippen LogP contribution in [0, 0.1) is 0 Å². The lowest BCUT2D eigenvalue weighted by molar-refractivity contribution is -0.118. The topological polar surface area (TPSA) is 26.8 Å². The molecule has 0 radical (unpaired) electrons. The molecule has 3 heterocycles. The average Bonchev–Trinajstić information content (AvgIpc) is 3.16. The van der Waals surface area contributed by atoms with E-state index in [9.17, 15) is 4.79 Å². The summed E-state index contributed by atoms with van der Waals surface area (Å²) in [5.74, 6) is 0.220. The number of hydrogen-bond donors (Lipinski definition) is 0. The van der Waals surface area contributed by atoms with Crippen LogP contribution >= 0.6 is 11.3 Å². The number of benzene rings is 2. The standard InChI is InChI=1S/C23H25N3OS/c1-24-20-8-6-17(14-18(20)7-9-23(24)27)15-25-10-12-26(13-11-25)21-16-28-22-5-3-2-4-19(21)22/h2-6,8,14,16H,7,9-13,15H2,1H3. The predicted octanol–water partition coefficient (Wildman–Crippen LogP) is 4.13. The number of thiophene rings is 1. The Morgan fingerprint density at radius 1 is 0.964 bits per heavy atom. The maximum Gasteiger partial charge on any atom is 0.227 e. The van der Waals surface area contributed by atoms with Crippen LogP contribution in [0.2, 0.25) is 0 Å². The van der Waals surface area contributed by atoms with Crippen LogP contribution in [0.15, 0.2) is 47.8 Å². The second-order valence-corrected chi connectivity index (χ2v) is 8.71. The van der Waals surface area contributed by atoms with Gasteiger partial charge in [0.15, 0.2) is 0 Å². The number of anilines is 2. The Hall–Kier alpha value is -2.37. The first kappa shape index (κ1) is 17.7. The molecule has 2 aliphatic rings. The summed E-state index contributed by atoms with van der Waals surface area (Å²) in [4.78, 5) is 18.8. The predicted molar refractivity (Wildman–Crippen MR) is 117 cm³/mol. The van der Waals surface area contributed by atoms with Crippen LogP contribution in [-0.2, 0) is 17.8 Å². The highest BCUT2D eigenvalue weighted by Crippen LogP contribution is 2.33. The molecule has 1 saturated heterocycles. The summed E-state index contributed by atoms with van der Waals surface area (Å²) in [5.41, 5.74) is 5.13. The summed E-state index contributed by atoms with van der Waals surface area (Å²) < 4.78 is 1.37. The van der Waals surface area contributed by atoms with Crippen LogP contribution in [-0.4, -0.2) is 44.0 Å². The van der Waals surface area contributed by atoms with Crippen LogP contribution in [0.25, 0.3) is 10.1 Å². The van der Waals surface area contributed by atoms with Crippen molar-refractivity contribution in [1.82, 2.24) is 4.90 Å². The number of carbonyl (C=O) groups is 1. The lowest BCUT2D eigenvalue weighted by Crippen LogP contribution is -2.45. The summed E-state index contributed by atoms with van der Waals surface area (Å²) in [6.07, 6.45) is 1.49. The van der Waals surface area contributed by atoms with Crippen LogP contribution in [0.4, 0.5) is 11.4 Å². The quantitative estimate of drug-likeness (QED) is 0.672. The van der Waals surface area contributed by atoms with Gasteiger partial charge in [0.2, 0.25) is 5.91 Å². The van der Waals surface area contributed by atoms with Gasteiger partial charge in [0.25, 0.3) is 0 Å². The van der Waals surface area contributed by atoms with E-state index in [1.807, 2.05) is 18.4 Å². The fourth-order valence-electron chi connectivity index (χ4n) is 4.42. The lowest BCUT2D eigenvalue weighted by atomic mass is 9.99. The van der Waals surface area contributed by atoms with E-state index >= 15 is 0 Å². The summed E-state index contributed by atoms with van der Waals surface area (Å²) in [5, 5.41) is 3.69. The number of amides is 1. The number of nitrogens with zero attached hydrogens (tertiary/aromatic N) is 3. The SMILES string of the molecule is CN1C(=O)CCc2cc(CN3CCN(c4csc5ccccc45)CC3)ccc21. The van der Waals surface area contributed by atoms with E-state index in [0.717, 1.165) is 44.8 Å². The molecule has 0 bridgehead atoms. The van der Waals surface area contributed by atoms with E-state index in [2.05, 4.69) is 57.6 Å². The van der Waals surface area contributed by atoms with Gasteiger partial charge in [-0.05, 0) is 29.7 Å². The monoisotopic (exact) mass is 391 g/mol. The highest BCUT2D eigenvalue weighted by Gasteiger charge is 2.22. The Morgan fingerprint density at radius 3 is 2.64 bits per heavy atom. The van der Waals surface area contributed by atoms with E-state index in [4.69, 9.17) is 0 Å². The van der Waals surface area contributed by atoms with Gasteiger partial charge in [-0.25, -0.2) is 0 Å². The second-order valence-electron chi connectivity index (χ2n) is 7.80. The Labute approximate surface area is 170 Å². The van der Waals surface area contributed by atoms with Gasteiger partial charge in [0.05, 0.1) is 5.69 Å². The number of fused-ring (bicyclic) bond motifs is 2. The zero-order valence-electron chi connectivity index (χ0n) is 16.2. The Kier molecular flexibility index (Phi) is 4.57. The molecule has 1 fully saturated rings. The Bertz CT molecular complexity index is 1020. The summed E-state index contributed by atoms with van der Waals surface area (Å²) in [6, 6.07) is 15.3. The van der Waals surface area contributed by atoms with Crippen LogP contribution in [0.3, 0.4) is 0 Å². The molecule has 0 N–H and O–H groups in total.